The molecule has 74 valence electrons. The molecule has 0 aliphatic carbocycles. The zero-order valence-electron chi connectivity index (χ0n) is 8.90. The van der Waals surface area contributed by atoms with E-state index in [-0.39, 0.29) is 0 Å². The number of nitrogens with zero attached hydrogens (tertiary/aromatic N) is 1. The van der Waals surface area contributed by atoms with Gasteiger partial charge in [0, 0.05) is 26.2 Å². The molecule has 0 spiro atoms. The molecule has 2 nitrogen and oxygen atoms in total. The summed E-state index contributed by atoms with van der Waals surface area (Å²) >= 11 is 0. The summed E-state index contributed by atoms with van der Waals surface area (Å²) in [6.07, 6.45) is 2.68. The first-order valence-electron chi connectivity index (χ1n) is 5.36. The monoisotopic (exact) mass is 172 g/mol. The highest BCUT2D eigenvalue weighted by molar-refractivity contribution is 4.66. The van der Waals surface area contributed by atoms with Gasteiger partial charge >= 0.3 is 0 Å². The minimum absolute atomic E-state index is 1.18. The lowest BCUT2D eigenvalue weighted by atomic mass is 10.3. The average molecular weight is 172 g/mol. The summed E-state index contributed by atoms with van der Waals surface area (Å²) in [6.45, 7) is 12.4. The molecule has 0 amide bonds. The first-order valence-corrected chi connectivity index (χ1v) is 5.36. The normalized spacial score (nSPS) is 18.2. The first kappa shape index (κ1) is 11.9. The van der Waals surface area contributed by atoms with Crippen LogP contribution in [0.5, 0.6) is 0 Å². The summed E-state index contributed by atoms with van der Waals surface area (Å²) in [5.74, 6) is 0. The van der Waals surface area contributed by atoms with Crippen LogP contribution in [0.4, 0.5) is 0 Å². The molecule has 12 heavy (non-hydrogen) atoms. The van der Waals surface area contributed by atoms with Gasteiger partial charge in [0.05, 0.1) is 0 Å². The van der Waals surface area contributed by atoms with Crippen molar-refractivity contribution in [2.45, 2.75) is 33.6 Å². The van der Waals surface area contributed by atoms with Crippen molar-refractivity contribution in [3.05, 3.63) is 0 Å². The number of nitrogens with one attached hydrogen (secondary N) is 1. The Hall–Kier alpha value is -0.0800. The van der Waals surface area contributed by atoms with Gasteiger partial charge in [-0.2, -0.15) is 0 Å². The molecular weight excluding hydrogens is 148 g/mol. The maximum atomic E-state index is 3.35. The molecular formula is C10H24N2. The van der Waals surface area contributed by atoms with E-state index in [0.29, 0.717) is 0 Å². The van der Waals surface area contributed by atoms with Crippen LogP contribution in [0.1, 0.15) is 33.6 Å². The van der Waals surface area contributed by atoms with Crippen molar-refractivity contribution >= 4 is 0 Å². The summed E-state index contributed by atoms with van der Waals surface area (Å²) in [5.41, 5.74) is 0. The predicted molar refractivity (Wildman–Crippen MR) is 55.6 cm³/mol. The number of hydrogen-bond acceptors (Lipinski definition) is 2. The predicted octanol–water partition coefficient (Wildman–Crippen LogP) is 1.72. The molecule has 1 aliphatic rings. The van der Waals surface area contributed by atoms with E-state index in [1.165, 1.54) is 45.6 Å². The van der Waals surface area contributed by atoms with Gasteiger partial charge in [-0.15, -0.1) is 0 Å². The van der Waals surface area contributed by atoms with Crippen LogP contribution in [-0.4, -0.2) is 37.6 Å². The van der Waals surface area contributed by atoms with Crippen molar-refractivity contribution in [3.8, 4) is 0 Å². The lowest BCUT2D eigenvalue weighted by molar-refractivity contribution is 0.238. The van der Waals surface area contributed by atoms with Gasteiger partial charge < -0.3 is 10.2 Å². The maximum absolute atomic E-state index is 3.35. The molecule has 0 unspecified atom stereocenters. The Morgan fingerprint density at radius 2 is 1.75 bits per heavy atom. The second kappa shape index (κ2) is 9.01. The topological polar surface area (TPSA) is 15.3 Å². The van der Waals surface area contributed by atoms with E-state index in [4.69, 9.17) is 0 Å². The minimum Gasteiger partial charge on any atom is -0.314 e. The van der Waals surface area contributed by atoms with Gasteiger partial charge in [0.1, 0.15) is 0 Å². The van der Waals surface area contributed by atoms with Gasteiger partial charge in [-0.25, -0.2) is 0 Å². The Bertz CT molecular complexity index is 77.9. The van der Waals surface area contributed by atoms with Crippen molar-refractivity contribution in [2.24, 2.45) is 0 Å². The van der Waals surface area contributed by atoms with Gasteiger partial charge in [-0.05, 0) is 13.0 Å². The lowest BCUT2D eigenvalue weighted by Crippen LogP contribution is -2.43. The summed E-state index contributed by atoms with van der Waals surface area (Å²) in [6, 6.07) is 0. The molecule has 1 heterocycles. The molecule has 1 rings (SSSR count). The van der Waals surface area contributed by atoms with Crippen molar-refractivity contribution in [1.82, 2.24) is 10.2 Å². The molecule has 1 N–H and O–H groups in total. The quantitative estimate of drug-likeness (QED) is 0.697. The van der Waals surface area contributed by atoms with E-state index in [1.54, 1.807) is 0 Å². The Labute approximate surface area is 77.3 Å². The Kier molecular flexibility index (Phi) is 8.95. The number of hydrogen-bond donors (Lipinski definition) is 1. The third-order valence-corrected chi connectivity index (χ3v) is 2.04. The van der Waals surface area contributed by atoms with Crippen molar-refractivity contribution in [1.29, 1.82) is 0 Å². The van der Waals surface area contributed by atoms with Crippen molar-refractivity contribution < 1.29 is 0 Å². The van der Waals surface area contributed by atoms with Crippen LogP contribution in [0.25, 0.3) is 0 Å². The SMILES string of the molecule is CC.CCCCN1CCNCC1. The zero-order chi connectivity index (χ0) is 9.23. The fraction of sp³-hybridized carbons (Fsp3) is 1.00. The molecule has 2 heteroatoms. The second-order valence-corrected chi connectivity index (χ2v) is 2.95. The van der Waals surface area contributed by atoms with Crippen molar-refractivity contribution in [2.75, 3.05) is 32.7 Å². The van der Waals surface area contributed by atoms with Crippen molar-refractivity contribution in [3.63, 3.8) is 0 Å². The van der Waals surface area contributed by atoms with Crippen LogP contribution in [0.3, 0.4) is 0 Å². The highest BCUT2D eigenvalue weighted by Crippen LogP contribution is 1.95. The summed E-state index contributed by atoms with van der Waals surface area (Å²) in [4.78, 5) is 2.54. The molecule has 0 aromatic rings. The fourth-order valence-corrected chi connectivity index (χ4v) is 1.32. The lowest BCUT2D eigenvalue weighted by Gasteiger charge is -2.26. The molecule has 0 saturated carbocycles. The van der Waals surface area contributed by atoms with Crippen LogP contribution < -0.4 is 5.32 Å². The van der Waals surface area contributed by atoms with E-state index in [2.05, 4.69) is 17.1 Å². The number of unbranched alkanes of at least 4 members (excludes halogenated alkanes) is 1. The van der Waals surface area contributed by atoms with Gasteiger partial charge in [-0.1, -0.05) is 27.2 Å². The van der Waals surface area contributed by atoms with Gasteiger partial charge in [0.25, 0.3) is 0 Å². The Balaban J connectivity index is 0.000000561. The molecule has 0 aromatic heterocycles. The smallest absolute Gasteiger partial charge is 0.0107 e. The third-order valence-electron chi connectivity index (χ3n) is 2.04. The van der Waals surface area contributed by atoms with E-state index < -0.39 is 0 Å². The zero-order valence-corrected chi connectivity index (χ0v) is 8.90. The first-order chi connectivity index (χ1) is 5.93. The van der Waals surface area contributed by atoms with Crippen LogP contribution in [0, 0.1) is 0 Å². The molecule has 1 fully saturated rings. The maximum Gasteiger partial charge on any atom is 0.0107 e. The fourth-order valence-electron chi connectivity index (χ4n) is 1.32. The average Bonchev–Trinajstić information content (AvgIpc) is 2.19. The van der Waals surface area contributed by atoms with E-state index >= 15 is 0 Å². The van der Waals surface area contributed by atoms with E-state index in [1.807, 2.05) is 13.8 Å². The third kappa shape index (κ3) is 5.56. The Morgan fingerprint density at radius 3 is 2.25 bits per heavy atom. The van der Waals surface area contributed by atoms with Crippen LogP contribution >= 0.6 is 0 Å². The van der Waals surface area contributed by atoms with Gasteiger partial charge in [0.2, 0.25) is 0 Å². The molecule has 1 aliphatic heterocycles. The van der Waals surface area contributed by atoms with Gasteiger partial charge in [-0.3, -0.25) is 0 Å². The number of rotatable bonds is 3. The second-order valence-electron chi connectivity index (χ2n) is 2.95. The standard InChI is InChI=1S/C8H18N2.C2H6/c1-2-3-6-10-7-4-9-5-8-10;1-2/h9H,2-8H2,1H3;1-2H3. The van der Waals surface area contributed by atoms with Gasteiger partial charge in [0.15, 0.2) is 0 Å². The number of piperazine rings is 1. The molecule has 0 atom stereocenters. The molecule has 0 aromatic carbocycles. The molecule has 0 radical (unpaired) electrons. The molecule has 1 saturated heterocycles. The highest BCUT2D eigenvalue weighted by atomic mass is 15.2. The summed E-state index contributed by atoms with van der Waals surface area (Å²) < 4.78 is 0. The van der Waals surface area contributed by atoms with Crippen LogP contribution in [-0.2, 0) is 0 Å². The largest absolute Gasteiger partial charge is 0.314 e. The molecule has 0 bridgehead atoms. The minimum atomic E-state index is 1.18. The van der Waals surface area contributed by atoms with E-state index in [9.17, 15) is 0 Å². The van der Waals surface area contributed by atoms with Crippen LogP contribution in [0.15, 0.2) is 0 Å². The van der Waals surface area contributed by atoms with E-state index in [0.717, 1.165) is 0 Å². The Morgan fingerprint density at radius 1 is 1.17 bits per heavy atom. The summed E-state index contributed by atoms with van der Waals surface area (Å²) in [5, 5.41) is 3.35. The highest BCUT2D eigenvalue weighted by Gasteiger charge is 2.06. The summed E-state index contributed by atoms with van der Waals surface area (Å²) in [7, 11) is 0. The van der Waals surface area contributed by atoms with Crippen LogP contribution in [0.2, 0.25) is 0 Å².